The Morgan fingerprint density at radius 3 is 2.75 bits per heavy atom. The van der Waals surface area contributed by atoms with Crippen LogP contribution in [0, 0.1) is 0 Å². The molecule has 2 fully saturated rings. The van der Waals surface area contributed by atoms with Gasteiger partial charge in [0.25, 0.3) is 0 Å². The van der Waals surface area contributed by atoms with E-state index in [4.69, 9.17) is 0 Å². The number of nitrogens with zero attached hydrogens (tertiary/aromatic N) is 1. The van der Waals surface area contributed by atoms with Crippen LogP contribution in [0.15, 0.2) is 0 Å². The van der Waals surface area contributed by atoms with Crippen molar-refractivity contribution in [3.05, 3.63) is 0 Å². The third kappa shape index (κ3) is 4.64. The Kier molecular flexibility index (Phi) is 6.02. The van der Waals surface area contributed by atoms with E-state index in [-0.39, 0.29) is 0 Å². The Morgan fingerprint density at radius 2 is 1.88 bits per heavy atom. The Morgan fingerprint density at radius 1 is 1.00 bits per heavy atom. The normalized spacial score (nSPS) is 25.5. The van der Waals surface area contributed by atoms with Gasteiger partial charge in [0.2, 0.25) is 0 Å². The lowest BCUT2D eigenvalue weighted by Gasteiger charge is -2.25. The van der Waals surface area contributed by atoms with Gasteiger partial charge in [0.05, 0.1) is 0 Å². The van der Waals surface area contributed by atoms with E-state index in [1.165, 1.54) is 76.2 Å². The van der Waals surface area contributed by atoms with Crippen molar-refractivity contribution >= 4 is 11.8 Å². The van der Waals surface area contributed by atoms with Crippen LogP contribution in [0.2, 0.25) is 0 Å². The van der Waals surface area contributed by atoms with Crippen molar-refractivity contribution in [3.8, 4) is 0 Å². The summed E-state index contributed by atoms with van der Waals surface area (Å²) in [5.74, 6) is 2.70. The predicted molar refractivity (Wildman–Crippen MR) is 73.3 cm³/mol. The van der Waals surface area contributed by atoms with Crippen LogP contribution < -0.4 is 5.32 Å². The van der Waals surface area contributed by atoms with Crippen molar-refractivity contribution in [2.24, 2.45) is 0 Å². The third-order valence-electron chi connectivity index (χ3n) is 3.78. The molecule has 3 heteroatoms. The summed E-state index contributed by atoms with van der Waals surface area (Å²) in [6, 6.07) is 0.829. The molecule has 0 unspecified atom stereocenters. The fraction of sp³-hybridized carbons (Fsp3) is 1.00. The highest BCUT2D eigenvalue weighted by molar-refractivity contribution is 7.99. The minimum absolute atomic E-state index is 0.829. The van der Waals surface area contributed by atoms with Gasteiger partial charge in [0.1, 0.15) is 0 Å². The molecule has 0 spiro atoms. The predicted octanol–water partition coefficient (Wildman–Crippen LogP) is 2.35. The van der Waals surface area contributed by atoms with Gasteiger partial charge in [0.15, 0.2) is 0 Å². The van der Waals surface area contributed by atoms with Crippen molar-refractivity contribution in [2.45, 2.75) is 44.6 Å². The SMILES string of the molecule is C1CCC(NCCN2CCCSCC2)CC1. The van der Waals surface area contributed by atoms with Crippen molar-refractivity contribution in [2.75, 3.05) is 37.7 Å². The molecule has 0 atom stereocenters. The monoisotopic (exact) mass is 242 g/mol. The average molecular weight is 242 g/mol. The molecule has 1 aliphatic carbocycles. The maximum atomic E-state index is 3.74. The number of hydrogen-bond donors (Lipinski definition) is 1. The molecule has 1 aliphatic heterocycles. The van der Waals surface area contributed by atoms with Gasteiger partial charge in [-0.15, -0.1) is 0 Å². The van der Waals surface area contributed by atoms with E-state index in [1.54, 1.807) is 0 Å². The van der Waals surface area contributed by atoms with Gasteiger partial charge in [0, 0.05) is 31.4 Å². The van der Waals surface area contributed by atoms with Crippen LogP contribution in [0.25, 0.3) is 0 Å². The molecule has 0 aromatic carbocycles. The van der Waals surface area contributed by atoms with Crippen molar-refractivity contribution in [1.82, 2.24) is 10.2 Å². The van der Waals surface area contributed by atoms with E-state index in [1.807, 2.05) is 0 Å². The summed E-state index contributed by atoms with van der Waals surface area (Å²) in [6.45, 7) is 5.09. The molecule has 0 aromatic rings. The number of nitrogens with one attached hydrogen (secondary N) is 1. The Labute approximate surface area is 105 Å². The van der Waals surface area contributed by atoms with Crippen molar-refractivity contribution in [1.29, 1.82) is 0 Å². The zero-order valence-corrected chi connectivity index (χ0v) is 11.2. The molecular weight excluding hydrogens is 216 g/mol. The van der Waals surface area contributed by atoms with Crippen molar-refractivity contribution in [3.63, 3.8) is 0 Å². The summed E-state index contributed by atoms with van der Waals surface area (Å²) in [5, 5.41) is 3.74. The van der Waals surface area contributed by atoms with E-state index >= 15 is 0 Å². The highest BCUT2D eigenvalue weighted by Gasteiger charge is 2.13. The molecule has 1 saturated heterocycles. The van der Waals surface area contributed by atoms with Crippen molar-refractivity contribution < 1.29 is 0 Å². The summed E-state index contributed by atoms with van der Waals surface area (Å²) >= 11 is 2.12. The average Bonchev–Trinajstić information content (AvgIpc) is 2.59. The minimum Gasteiger partial charge on any atom is -0.313 e. The fourth-order valence-electron chi connectivity index (χ4n) is 2.75. The van der Waals surface area contributed by atoms with Crippen LogP contribution >= 0.6 is 11.8 Å². The van der Waals surface area contributed by atoms with Crippen LogP contribution in [0.4, 0.5) is 0 Å². The fourth-order valence-corrected chi connectivity index (χ4v) is 3.68. The first-order valence-corrected chi connectivity index (χ1v) is 8.14. The molecule has 94 valence electrons. The van der Waals surface area contributed by atoms with Crippen LogP contribution in [0.3, 0.4) is 0 Å². The maximum Gasteiger partial charge on any atom is 0.0107 e. The van der Waals surface area contributed by atoms with Gasteiger partial charge in [-0.1, -0.05) is 19.3 Å². The highest BCUT2D eigenvalue weighted by atomic mass is 32.2. The molecular formula is C13H26N2S. The topological polar surface area (TPSA) is 15.3 Å². The summed E-state index contributed by atoms with van der Waals surface area (Å²) in [5.41, 5.74) is 0. The molecule has 0 radical (unpaired) electrons. The largest absolute Gasteiger partial charge is 0.313 e. The van der Waals surface area contributed by atoms with E-state index in [0.29, 0.717) is 0 Å². The van der Waals surface area contributed by atoms with Crippen LogP contribution in [0.5, 0.6) is 0 Å². The number of hydrogen-bond acceptors (Lipinski definition) is 3. The zero-order valence-electron chi connectivity index (χ0n) is 10.4. The van der Waals surface area contributed by atoms with Gasteiger partial charge in [-0.3, -0.25) is 0 Å². The summed E-state index contributed by atoms with van der Waals surface area (Å²) in [6.07, 6.45) is 8.55. The van der Waals surface area contributed by atoms with Crippen LogP contribution in [-0.4, -0.2) is 48.6 Å². The lowest BCUT2D eigenvalue weighted by molar-refractivity contribution is 0.278. The Hall–Kier alpha value is 0.270. The van der Waals surface area contributed by atoms with Crippen LogP contribution in [0.1, 0.15) is 38.5 Å². The van der Waals surface area contributed by atoms with Gasteiger partial charge in [-0.2, -0.15) is 11.8 Å². The first kappa shape index (κ1) is 12.7. The van der Waals surface area contributed by atoms with E-state index < -0.39 is 0 Å². The smallest absolute Gasteiger partial charge is 0.0107 e. The second kappa shape index (κ2) is 7.57. The zero-order chi connectivity index (χ0) is 11.1. The lowest BCUT2D eigenvalue weighted by Crippen LogP contribution is -2.38. The summed E-state index contributed by atoms with van der Waals surface area (Å²) in [7, 11) is 0. The van der Waals surface area contributed by atoms with Gasteiger partial charge in [-0.05, 0) is 31.6 Å². The lowest BCUT2D eigenvalue weighted by atomic mass is 9.95. The number of thioether (sulfide) groups is 1. The first-order chi connectivity index (χ1) is 7.95. The van der Waals surface area contributed by atoms with Gasteiger partial charge < -0.3 is 10.2 Å². The molecule has 16 heavy (non-hydrogen) atoms. The molecule has 2 rings (SSSR count). The molecule has 2 nitrogen and oxygen atoms in total. The Bertz CT molecular complexity index is 173. The molecule has 1 heterocycles. The van der Waals surface area contributed by atoms with Gasteiger partial charge >= 0.3 is 0 Å². The molecule has 1 N–H and O–H groups in total. The van der Waals surface area contributed by atoms with Gasteiger partial charge in [-0.25, -0.2) is 0 Å². The summed E-state index contributed by atoms with van der Waals surface area (Å²) in [4.78, 5) is 2.63. The molecule has 2 aliphatic rings. The molecule has 1 saturated carbocycles. The first-order valence-electron chi connectivity index (χ1n) is 6.98. The quantitative estimate of drug-likeness (QED) is 0.815. The minimum atomic E-state index is 0.829. The molecule has 0 aromatic heterocycles. The standard InChI is InChI=1S/C13H26N2S/c1-2-5-13(6-3-1)14-7-9-15-8-4-11-16-12-10-15/h13-14H,1-12H2. The molecule has 0 amide bonds. The number of rotatable bonds is 4. The molecule has 0 bridgehead atoms. The third-order valence-corrected chi connectivity index (χ3v) is 4.83. The Balaban J connectivity index is 1.55. The highest BCUT2D eigenvalue weighted by Crippen LogP contribution is 2.17. The van der Waals surface area contributed by atoms with E-state index in [9.17, 15) is 0 Å². The summed E-state index contributed by atoms with van der Waals surface area (Å²) < 4.78 is 0. The van der Waals surface area contributed by atoms with E-state index in [0.717, 1.165) is 6.04 Å². The van der Waals surface area contributed by atoms with E-state index in [2.05, 4.69) is 22.0 Å². The maximum absolute atomic E-state index is 3.74. The second-order valence-corrected chi connectivity index (χ2v) is 6.32. The second-order valence-electron chi connectivity index (χ2n) is 5.10. The van der Waals surface area contributed by atoms with Crippen LogP contribution in [-0.2, 0) is 0 Å².